The van der Waals surface area contributed by atoms with Gasteiger partial charge in [-0.3, -0.25) is 0 Å². The first-order valence-corrected chi connectivity index (χ1v) is 6.14. The van der Waals surface area contributed by atoms with Crippen molar-refractivity contribution in [3.63, 3.8) is 0 Å². The third-order valence-corrected chi connectivity index (χ3v) is 2.80. The van der Waals surface area contributed by atoms with Crippen LogP contribution in [0, 0.1) is 0 Å². The van der Waals surface area contributed by atoms with Crippen molar-refractivity contribution in [2.75, 3.05) is 6.54 Å². The first-order valence-electron chi connectivity index (χ1n) is 6.14. The molecular weight excluding hydrogens is 182 g/mol. The van der Waals surface area contributed by atoms with Crippen LogP contribution in [0.4, 0.5) is 0 Å². The smallest absolute Gasteiger partial charge is 0.00676 e. The second-order valence-electron chi connectivity index (χ2n) is 4.08. The molecule has 0 aliphatic carbocycles. The van der Waals surface area contributed by atoms with Crippen LogP contribution in [0.2, 0.25) is 0 Å². The molecule has 0 aliphatic rings. The van der Waals surface area contributed by atoms with Crippen molar-refractivity contribution in [3.8, 4) is 0 Å². The van der Waals surface area contributed by atoms with Gasteiger partial charge >= 0.3 is 0 Å². The molecule has 0 heterocycles. The zero-order valence-electron chi connectivity index (χ0n) is 10.00. The van der Waals surface area contributed by atoms with Gasteiger partial charge in [-0.25, -0.2) is 0 Å². The lowest BCUT2D eigenvalue weighted by atomic mass is 10.0. The quantitative estimate of drug-likeness (QED) is 0.719. The maximum Gasteiger partial charge on any atom is 0.00676 e. The van der Waals surface area contributed by atoms with Crippen molar-refractivity contribution < 1.29 is 0 Å². The normalized spacial score (nSPS) is 12.7. The molecule has 1 unspecified atom stereocenters. The summed E-state index contributed by atoms with van der Waals surface area (Å²) < 4.78 is 0. The molecule has 0 saturated carbocycles. The fourth-order valence-corrected chi connectivity index (χ4v) is 1.78. The molecule has 1 nitrogen and oxygen atoms in total. The number of rotatable bonds is 7. The molecule has 1 heteroatoms. The molecule has 1 atom stereocenters. The van der Waals surface area contributed by atoms with E-state index < -0.39 is 0 Å². The Hall–Kier alpha value is -0.820. The second-order valence-corrected chi connectivity index (χ2v) is 4.08. The van der Waals surface area contributed by atoms with E-state index in [0.29, 0.717) is 6.04 Å². The summed E-state index contributed by atoms with van der Waals surface area (Å²) in [7, 11) is 0. The van der Waals surface area contributed by atoms with Crippen molar-refractivity contribution in [3.05, 3.63) is 35.9 Å². The summed E-state index contributed by atoms with van der Waals surface area (Å²) in [5.41, 5.74) is 1.45. The third-order valence-electron chi connectivity index (χ3n) is 2.80. The molecular formula is C14H23N. The van der Waals surface area contributed by atoms with Gasteiger partial charge in [0.05, 0.1) is 0 Å². The molecule has 0 aliphatic heterocycles. The Balaban J connectivity index is 2.28. The highest BCUT2D eigenvalue weighted by Crippen LogP contribution is 2.06. The minimum absolute atomic E-state index is 0.685. The maximum absolute atomic E-state index is 3.59. The van der Waals surface area contributed by atoms with E-state index in [2.05, 4.69) is 49.5 Å². The fourth-order valence-electron chi connectivity index (χ4n) is 1.78. The largest absolute Gasteiger partial charge is 0.314 e. The van der Waals surface area contributed by atoms with Gasteiger partial charge in [-0.2, -0.15) is 0 Å². The van der Waals surface area contributed by atoms with Crippen LogP contribution in [0.15, 0.2) is 30.3 Å². The van der Waals surface area contributed by atoms with Gasteiger partial charge in [0.2, 0.25) is 0 Å². The van der Waals surface area contributed by atoms with Crippen molar-refractivity contribution in [2.45, 2.75) is 45.6 Å². The summed E-state index contributed by atoms with van der Waals surface area (Å²) in [6.45, 7) is 5.63. The lowest BCUT2D eigenvalue weighted by Gasteiger charge is -2.16. The SMILES string of the molecule is CCCNC(CC)CCc1ccccc1. The van der Waals surface area contributed by atoms with Gasteiger partial charge in [0.25, 0.3) is 0 Å². The molecule has 1 aromatic rings. The molecule has 0 fully saturated rings. The summed E-state index contributed by atoms with van der Waals surface area (Å²) in [6.07, 6.45) is 4.89. The fraction of sp³-hybridized carbons (Fsp3) is 0.571. The van der Waals surface area contributed by atoms with E-state index in [-0.39, 0.29) is 0 Å². The highest BCUT2D eigenvalue weighted by atomic mass is 14.9. The van der Waals surface area contributed by atoms with Crippen LogP contribution in [0.3, 0.4) is 0 Å². The van der Waals surface area contributed by atoms with Crippen LogP contribution >= 0.6 is 0 Å². The van der Waals surface area contributed by atoms with Crippen molar-refractivity contribution in [2.24, 2.45) is 0 Å². The summed E-state index contributed by atoms with van der Waals surface area (Å²) in [5.74, 6) is 0. The molecule has 1 aromatic carbocycles. The Kier molecular flexibility index (Phi) is 6.10. The molecule has 1 N–H and O–H groups in total. The predicted octanol–water partition coefficient (Wildman–Crippen LogP) is 3.40. The number of benzene rings is 1. The minimum Gasteiger partial charge on any atom is -0.314 e. The molecule has 84 valence electrons. The first-order chi connectivity index (χ1) is 7.36. The minimum atomic E-state index is 0.685. The zero-order valence-corrected chi connectivity index (χ0v) is 10.00. The van der Waals surface area contributed by atoms with E-state index >= 15 is 0 Å². The van der Waals surface area contributed by atoms with E-state index in [9.17, 15) is 0 Å². The van der Waals surface area contributed by atoms with Gasteiger partial charge < -0.3 is 5.32 Å². The van der Waals surface area contributed by atoms with E-state index in [4.69, 9.17) is 0 Å². The lowest BCUT2D eigenvalue weighted by Crippen LogP contribution is -2.29. The Morgan fingerprint density at radius 2 is 1.87 bits per heavy atom. The molecule has 0 aromatic heterocycles. The summed E-state index contributed by atoms with van der Waals surface area (Å²) >= 11 is 0. The van der Waals surface area contributed by atoms with Crippen LogP contribution in [0.1, 0.15) is 38.7 Å². The van der Waals surface area contributed by atoms with Gasteiger partial charge in [0.1, 0.15) is 0 Å². The second kappa shape index (κ2) is 7.47. The van der Waals surface area contributed by atoms with Gasteiger partial charge in [-0.05, 0) is 37.8 Å². The van der Waals surface area contributed by atoms with Crippen LogP contribution < -0.4 is 5.32 Å². The summed E-state index contributed by atoms with van der Waals surface area (Å²) in [6, 6.07) is 11.4. The maximum atomic E-state index is 3.59. The average molecular weight is 205 g/mol. The number of hydrogen-bond acceptors (Lipinski definition) is 1. The van der Waals surface area contributed by atoms with Crippen LogP contribution in [-0.2, 0) is 6.42 Å². The summed E-state index contributed by atoms with van der Waals surface area (Å²) in [5, 5.41) is 3.59. The Bertz CT molecular complexity index is 243. The summed E-state index contributed by atoms with van der Waals surface area (Å²) in [4.78, 5) is 0. The van der Waals surface area contributed by atoms with E-state index in [1.54, 1.807) is 0 Å². The van der Waals surface area contributed by atoms with Gasteiger partial charge in [-0.15, -0.1) is 0 Å². The lowest BCUT2D eigenvalue weighted by molar-refractivity contribution is 0.468. The average Bonchev–Trinajstić information content (AvgIpc) is 2.31. The monoisotopic (exact) mass is 205 g/mol. The van der Waals surface area contributed by atoms with Crippen LogP contribution in [0.5, 0.6) is 0 Å². The highest BCUT2D eigenvalue weighted by Gasteiger charge is 2.04. The van der Waals surface area contributed by atoms with Crippen molar-refractivity contribution in [1.29, 1.82) is 0 Å². The Morgan fingerprint density at radius 3 is 2.47 bits per heavy atom. The number of hydrogen-bond donors (Lipinski definition) is 1. The van der Waals surface area contributed by atoms with Crippen molar-refractivity contribution in [1.82, 2.24) is 5.32 Å². The topological polar surface area (TPSA) is 12.0 Å². The predicted molar refractivity (Wildman–Crippen MR) is 67.1 cm³/mol. The molecule has 0 bridgehead atoms. The molecule has 15 heavy (non-hydrogen) atoms. The number of nitrogens with one attached hydrogen (secondary N) is 1. The van der Waals surface area contributed by atoms with E-state index in [1.807, 2.05) is 0 Å². The van der Waals surface area contributed by atoms with Crippen LogP contribution in [0.25, 0.3) is 0 Å². The molecule has 0 spiro atoms. The highest BCUT2D eigenvalue weighted by molar-refractivity contribution is 5.14. The van der Waals surface area contributed by atoms with Crippen LogP contribution in [-0.4, -0.2) is 12.6 Å². The standard InChI is InChI=1S/C14H23N/c1-3-12-15-14(4-2)11-10-13-8-6-5-7-9-13/h5-9,14-15H,3-4,10-12H2,1-2H3. The first kappa shape index (κ1) is 12.3. The molecule has 0 saturated heterocycles. The zero-order chi connectivity index (χ0) is 10.9. The van der Waals surface area contributed by atoms with E-state index in [1.165, 1.54) is 31.2 Å². The van der Waals surface area contributed by atoms with Crippen molar-refractivity contribution >= 4 is 0 Å². The van der Waals surface area contributed by atoms with Gasteiger partial charge in [-0.1, -0.05) is 44.2 Å². The molecule has 0 amide bonds. The van der Waals surface area contributed by atoms with Gasteiger partial charge in [0.15, 0.2) is 0 Å². The molecule has 0 radical (unpaired) electrons. The third kappa shape index (κ3) is 4.98. The Labute approximate surface area is 93.9 Å². The van der Waals surface area contributed by atoms with Gasteiger partial charge in [0, 0.05) is 6.04 Å². The molecule has 1 rings (SSSR count). The Morgan fingerprint density at radius 1 is 1.13 bits per heavy atom. The number of aryl methyl sites for hydroxylation is 1. The van der Waals surface area contributed by atoms with E-state index in [0.717, 1.165) is 6.54 Å².